The highest BCUT2D eigenvalue weighted by Crippen LogP contribution is 2.08. The van der Waals surface area contributed by atoms with Crippen LogP contribution in [0.5, 0.6) is 0 Å². The predicted octanol–water partition coefficient (Wildman–Crippen LogP) is 2.74. The Bertz CT molecular complexity index is 321. The minimum Gasteiger partial charge on any atom is -0.147 e. The summed E-state index contributed by atoms with van der Waals surface area (Å²) in [5.41, 5.74) is 0. The smallest absolute Gasteiger partial charge is 0.0226 e. The van der Waals surface area contributed by atoms with Crippen LogP contribution in [0.25, 0.3) is 0 Å². The van der Waals surface area contributed by atoms with Gasteiger partial charge in [-0.25, -0.2) is 0 Å². The van der Waals surface area contributed by atoms with Crippen LogP contribution < -0.4 is 10.6 Å². The first-order valence-corrected chi connectivity index (χ1v) is 5.32. The fourth-order valence-electron chi connectivity index (χ4n) is 1.21. The third-order valence-corrected chi connectivity index (χ3v) is 3.08. The van der Waals surface area contributed by atoms with Crippen molar-refractivity contribution < 1.29 is 0 Å². The summed E-state index contributed by atoms with van der Waals surface area (Å²) in [7, 11) is 0.777. The summed E-state index contributed by atoms with van der Waals surface area (Å²) >= 11 is 0. The van der Waals surface area contributed by atoms with Gasteiger partial charge >= 0.3 is 0 Å². The lowest BCUT2D eigenvalue weighted by Crippen LogP contribution is -2.01. The second-order valence-electron chi connectivity index (χ2n) is 2.86. The average molecular weight is 223 g/mol. The highest BCUT2D eigenvalue weighted by Gasteiger charge is 1.92. The molecule has 72 valence electrons. The van der Waals surface area contributed by atoms with E-state index in [9.17, 15) is 0 Å². The van der Waals surface area contributed by atoms with Crippen LogP contribution in [-0.2, 0) is 0 Å². The zero-order chi connectivity index (χ0) is 8.93. The van der Waals surface area contributed by atoms with E-state index in [1.807, 2.05) is 0 Å². The molecule has 0 fully saturated rings. The molecule has 2 rings (SSSR count). The fraction of sp³-hybridized carbons (Fsp3) is 0. The zero-order valence-electron chi connectivity index (χ0n) is 7.68. The van der Waals surface area contributed by atoms with Crippen LogP contribution in [-0.4, -0.2) is 0 Å². The minimum atomic E-state index is 0. The van der Waals surface area contributed by atoms with Gasteiger partial charge in [0.05, 0.1) is 0 Å². The third kappa shape index (κ3) is 3.14. The fourth-order valence-corrected chi connectivity index (χ4v) is 2.26. The van der Waals surface area contributed by atoms with Crippen molar-refractivity contribution in [2.45, 2.75) is 0 Å². The molecule has 0 bridgehead atoms. The molecule has 0 heterocycles. The molecule has 0 spiro atoms. The standard InChI is InChI=1S/C12H11P.ClH/c1-3-7-11(8-4-1)13-12-9-5-2-6-10-12;/h1-10,13H;1H. The predicted molar refractivity (Wildman–Crippen MR) is 67.7 cm³/mol. The maximum Gasteiger partial charge on any atom is -0.0226 e. The molecule has 0 aliphatic rings. The van der Waals surface area contributed by atoms with Gasteiger partial charge < -0.3 is 0 Å². The SMILES string of the molecule is Cl.c1ccc(Pc2ccccc2)cc1. The highest BCUT2D eigenvalue weighted by molar-refractivity contribution is 7.55. The Morgan fingerprint density at radius 2 is 0.929 bits per heavy atom. The Labute approximate surface area is 92.6 Å². The van der Waals surface area contributed by atoms with E-state index < -0.39 is 0 Å². The molecule has 14 heavy (non-hydrogen) atoms. The molecule has 2 aromatic rings. The van der Waals surface area contributed by atoms with Crippen LogP contribution in [0.3, 0.4) is 0 Å². The van der Waals surface area contributed by atoms with E-state index in [1.165, 1.54) is 10.6 Å². The van der Waals surface area contributed by atoms with E-state index in [1.54, 1.807) is 0 Å². The molecule has 0 nitrogen and oxygen atoms in total. The molecule has 0 aliphatic heterocycles. The summed E-state index contributed by atoms with van der Waals surface area (Å²) in [5, 5.41) is 2.79. The van der Waals surface area contributed by atoms with Crippen LogP contribution in [0, 0.1) is 0 Å². The van der Waals surface area contributed by atoms with E-state index in [2.05, 4.69) is 60.7 Å². The van der Waals surface area contributed by atoms with Gasteiger partial charge in [-0.05, 0) is 10.6 Å². The Kier molecular flexibility index (Phi) is 4.65. The molecule has 0 aromatic heterocycles. The van der Waals surface area contributed by atoms with E-state index >= 15 is 0 Å². The van der Waals surface area contributed by atoms with E-state index in [4.69, 9.17) is 0 Å². The van der Waals surface area contributed by atoms with Gasteiger partial charge in [-0.3, -0.25) is 0 Å². The molecule has 0 unspecified atom stereocenters. The van der Waals surface area contributed by atoms with E-state index in [0.717, 1.165) is 8.58 Å². The largest absolute Gasteiger partial charge is 0.147 e. The Morgan fingerprint density at radius 1 is 0.571 bits per heavy atom. The minimum absolute atomic E-state index is 0. The van der Waals surface area contributed by atoms with E-state index in [-0.39, 0.29) is 12.4 Å². The number of benzene rings is 2. The maximum atomic E-state index is 2.17. The van der Waals surface area contributed by atoms with Gasteiger partial charge in [-0.2, -0.15) is 0 Å². The van der Waals surface area contributed by atoms with Crippen molar-refractivity contribution in [3.05, 3.63) is 60.7 Å². The van der Waals surface area contributed by atoms with Crippen LogP contribution >= 0.6 is 21.0 Å². The van der Waals surface area contributed by atoms with Gasteiger partial charge in [0.2, 0.25) is 0 Å². The molecule has 0 saturated carbocycles. The molecule has 0 amide bonds. The number of rotatable bonds is 2. The second-order valence-corrected chi connectivity index (χ2v) is 4.26. The van der Waals surface area contributed by atoms with Crippen molar-refractivity contribution in [1.29, 1.82) is 0 Å². The Morgan fingerprint density at radius 3 is 1.29 bits per heavy atom. The molecule has 2 aromatic carbocycles. The summed E-state index contributed by atoms with van der Waals surface area (Å²) in [5.74, 6) is 0. The normalized spacial score (nSPS) is 9.14. The summed E-state index contributed by atoms with van der Waals surface area (Å²) in [6.45, 7) is 0. The molecule has 0 atom stereocenters. The molecule has 0 radical (unpaired) electrons. The van der Waals surface area contributed by atoms with Crippen molar-refractivity contribution in [2.75, 3.05) is 0 Å². The topological polar surface area (TPSA) is 0 Å². The lowest BCUT2D eigenvalue weighted by atomic mass is 10.4. The maximum absolute atomic E-state index is 2.17. The first-order valence-electron chi connectivity index (χ1n) is 4.32. The first-order chi connectivity index (χ1) is 6.45. The van der Waals surface area contributed by atoms with Crippen LogP contribution in [0.1, 0.15) is 0 Å². The van der Waals surface area contributed by atoms with Gasteiger partial charge in [0.15, 0.2) is 0 Å². The quantitative estimate of drug-likeness (QED) is 0.686. The molecule has 0 aliphatic carbocycles. The lowest BCUT2D eigenvalue weighted by Gasteiger charge is -2.00. The molecular formula is C12H12ClP. The summed E-state index contributed by atoms with van der Waals surface area (Å²) < 4.78 is 0. The molecular weight excluding hydrogens is 211 g/mol. The van der Waals surface area contributed by atoms with Crippen molar-refractivity contribution in [3.63, 3.8) is 0 Å². The second kappa shape index (κ2) is 5.80. The highest BCUT2D eigenvalue weighted by atomic mass is 35.5. The van der Waals surface area contributed by atoms with Gasteiger partial charge in [0.1, 0.15) is 0 Å². The number of hydrogen-bond donors (Lipinski definition) is 0. The molecule has 0 N–H and O–H groups in total. The number of hydrogen-bond acceptors (Lipinski definition) is 0. The van der Waals surface area contributed by atoms with E-state index in [0.29, 0.717) is 0 Å². The van der Waals surface area contributed by atoms with Gasteiger partial charge in [0.25, 0.3) is 0 Å². The van der Waals surface area contributed by atoms with Crippen molar-refractivity contribution in [2.24, 2.45) is 0 Å². The number of halogens is 1. The van der Waals surface area contributed by atoms with Crippen LogP contribution in [0.15, 0.2) is 60.7 Å². The van der Waals surface area contributed by atoms with Gasteiger partial charge in [-0.1, -0.05) is 69.2 Å². The zero-order valence-corrected chi connectivity index (χ0v) is 9.50. The van der Waals surface area contributed by atoms with Gasteiger partial charge in [0, 0.05) is 0 Å². The Hall–Kier alpha value is -0.840. The van der Waals surface area contributed by atoms with Crippen molar-refractivity contribution in [3.8, 4) is 0 Å². The molecule has 0 saturated heterocycles. The summed E-state index contributed by atoms with van der Waals surface area (Å²) in [6, 6.07) is 21.2. The van der Waals surface area contributed by atoms with Crippen LogP contribution in [0.2, 0.25) is 0 Å². The van der Waals surface area contributed by atoms with Crippen LogP contribution in [0.4, 0.5) is 0 Å². The van der Waals surface area contributed by atoms with Gasteiger partial charge in [-0.15, -0.1) is 12.4 Å². The Balaban J connectivity index is 0.000000980. The van der Waals surface area contributed by atoms with Crippen molar-refractivity contribution >= 4 is 31.6 Å². The third-order valence-electron chi connectivity index (χ3n) is 1.84. The molecule has 2 heteroatoms. The summed E-state index contributed by atoms with van der Waals surface area (Å²) in [4.78, 5) is 0. The van der Waals surface area contributed by atoms with Crippen molar-refractivity contribution in [1.82, 2.24) is 0 Å². The average Bonchev–Trinajstić information content (AvgIpc) is 2.21. The monoisotopic (exact) mass is 222 g/mol. The first kappa shape index (κ1) is 11.2. The summed E-state index contributed by atoms with van der Waals surface area (Å²) in [6.07, 6.45) is 0. The lowest BCUT2D eigenvalue weighted by molar-refractivity contribution is 1.76.